The van der Waals surface area contributed by atoms with E-state index in [4.69, 9.17) is 9.53 Å². The molecule has 0 bridgehead atoms. The van der Waals surface area contributed by atoms with Crippen LogP contribution in [0, 0.1) is 0 Å². The number of H-pyrrole nitrogens is 1. The molecule has 0 spiro atoms. The number of aromatic carboxylic acids is 1. The Kier molecular flexibility index (Phi) is 3.42. The maximum atomic E-state index is 11.0. The van der Waals surface area contributed by atoms with Crippen molar-refractivity contribution in [3.63, 3.8) is 0 Å². The van der Waals surface area contributed by atoms with E-state index in [0.717, 1.165) is 16.7 Å². The number of rotatable bonds is 3. The number of benzene rings is 1. The van der Waals surface area contributed by atoms with Gasteiger partial charge in [0, 0.05) is 17.0 Å². The van der Waals surface area contributed by atoms with Gasteiger partial charge in [-0.05, 0) is 36.3 Å². The number of carboxylic acids is 1. The van der Waals surface area contributed by atoms with Crippen molar-refractivity contribution in [2.24, 2.45) is 0 Å². The van der Waals surface area contributed by atoms with Crippen LogP contribution >= 0.6 is 0 Å². The first-order valence-corrected chi connectivity index (χ1v) is 9.56. The molecular formula is C15H21NO3Si. The second kappa shape index (κ2) is 4.66. The van der Waals surface area contributed by atoms with Crippen LogP contribution in [0.5, 0.6) is 5.75 Å². The molecule has 2 rings (SSSR count). The van der Waals surface area contributed by atoms with Crippen LogP contribution in [0.2, 0.25) is 18.1 Å². The fourth-order valence-electron chi connectivity index (χ4n) is 1.73. The van der Waals surface area contributed by atoms with Crippen LogP contribution in [0.1, 0.15) is 31.3 Å². The van der Waals surface area contributed by atoms with Crippen molar-refractivity contribution < 1.29 is 14.3 Å². The third-order valence-electron chi connectivity index (χ3n) is 4.00. The van der Waals surface area contributed by atoms with E-state index in [0.29, 0.717) is 0 Å². The van der Waals surface area contributed by atoms with Gasteiger partial charge in [0.25, 0.3) is 0 Å². The Hall–Kier alpha value is -1.75. The number of aromatic amines is 1. The topological polar surface area (TPSA) is 62.3 Å². The van der Waals surface area contributed by atoms with E-state index >= 15 is 0 Å². The minimum atomic E-state index is -1.88. The predicted octanol–water partition coefficient (Wildman–Crippen LogP) is 4.25. The van der Waals surface area contributed by atoms with Crippen molar-refractivity contribution in [2.75, 3.05) is 0 Å². The SMILES string of the molecule is CC(C)(C)[Si](C)(C)Oc1ccc2cc(C(=O)O)[nH]c2c1. The van der Waals surface area contributed by atoms with Crippen molar-refractivity contribution in [1.29, 1.82) is 0 Å². The lowest BCUT2D eigenvalue weighted by Gasteiger charge is -2.36. The van der Waals surface area contributed by atoms with E-state index in [1.807, 2.05) is 18.2 Å². The summed E-state index contributed by atoms with van der Waals surface area (Å²) in [6.07, 6.45) is 0. The lowest BCUT2D eigenvalue weighted by molar-refractivity contribution is 0.0691. The van der Waals surface area contributed by atoms with Crippen LogP contribution in [0.25, 0.3) is 10.9 Å². The minimum absolute atomic E-state index is 0.129. The quantitative estimate of drug-likeness (QED) is 0.831. The Morgan fingerprint density at radius 2 is 1.90 bits per heavy atom. The zero-order chi connectivity index (χ0) is 15.1. The number of fused-ring (bicyclic) bond motifs is 1. The molecule has 20 heavy (non-hydrogen) atoms. The highest BCUT2D eigenvalue weighted by molar-refractivity contribution is 6.74. The summed E-state index contributed by atoms with van der Waals surface area (Å²) < 4.78 is 6.22. The minimum Gasteiger partial charge on any atom is -0.543 e. The van der Waals surface area contributed by atoms with Gasteiger partial charge in [-0.25, -0.2) is 4.79 Å². The van der Waals surface area contributed by atoms with E-state index in [-0.39, 0.29) is 10.7 Å². The number of carbonyl (C=O) groups is 1. The maximum absolute atomic E-state index is 11.0. The molecule has 0 aliphatic rings. The first-order chi connectivity index (χ1) is 9.10. The molecule has 0 fully saturated rings. The maximum Gasteiger partial charge on any atom is 0.352 e. The van der Waals surface area contributed by atoms with Gasteiger partial charge < -0.3 is 14.5 Å². The summed E-state index contributed by atoms with van der Waals surface area (Å²) in [6.45, 7) is 10.9. The van der Waals surface area contributed by atoms with E-state index in [1.165, 1.54) is 0 Å². The molecule has 5 heteroatoms. The fraction of sp³-hybridized carbons (Fsp3) is 0.400. The number of aromatic nitrogens is 1. The molecule has 1 aromatic carbocycles. The first kappa shape index (κ1) is 14.7. The van der Waals surface area contributed by atoms with Crippen molar-refractivity contribution in [3.8, 4) is 5.75 Å². The predicted molar refractivity (Wildman–Crippen MR) is 83.1 cm³/mol. The van der Waals surface area contributed by atoms with E-state index in [1.54, 1.807) is 6.07 Å². The zero-order valence-corrected chi connectivity index (χ0v) is 13.6. The fourth-order valence-corrected chi connectivity index (χ4v) is 2.76. The van der Waals surface area contributed by atoms with E-state index < -0.39 is 14.3 Å². The third kappa shape index (κ3) is 2.72. The molecule has 0 saturated heterocycles. The summed E-state index contributed by atoms with van der Waals surface area (Å²) in [7, 11) is -1.88. The van der Waals surface area contributed by atoms with Crippen molar-refractivity contribution in [2.45, 2.75) is 38.9 Å². The second-order valence-electron chi connectivity index (χ2n) is 6.60. The summed E-state index contributed by atoms with van der Waals surface area (Å²) in [5.74, 6) is -0.157. The summed E-state index contributed by atoms with van der Waals surface area (Å²) >= 11 is 0. The van der Waals surface area contributed by atoms with Crippen molar-refractivity contribution in [3.05, 3.63) is 30.0 Å². The molecular weight excluding hydrogens is 270 g/mol. The van der Waals surface area contributed by atoms with Crippen LogP contribution < -0.4 is 4.43 Å². The molecule has 2 N–H and O–H groups in total. The normalized spacial score (nSPS) is 12.7. The monoisotopic (exact) mass is 291 g/mol. The van der Waals surface area contributed by atoms with Gasteiger partial charge in [-0.1, -0.05) is 20.8 Å². The Morgan fingerprint density at radius 3 is 2.45 bits per heavy atom. The smallest absolute Gasteiger partial charge is 0.352 e. The van der Waals surface area contributed by atoms with Gasteiger partial charge in [0.1, 0.15) is 11.4 Å². The van der Waals surface area contributed by atoms with Crippen molar-refractivity contribution in [1.82, 2.24) is 4.98 Å². The van der Waals surface area contributed by atoms with Crippen LogP contribution in [0.15, 0.2) is 24.3 Å². The summed E-state index contributed by atoms with van der Waals surface area (Å²) in [4.78, 5) is 13.9. The van der Waals surface area contributed by atoms with Crippen LogP contribution in [-0.4, -0.2) is 24.4 Å². The van der Waals surface area contributed by atoms with Gasteiger partial charge in [-0.15, -0.1) is 0 Å². The van der Waals surface area contributed by atoms with Gasteiger partial charge in [-0.3, -0.25) is 0 Å². The Morgan fingerprint density at radius 1 is 1.25 bits per heavy atom. The molecule has 0 aliphatic carbocycles. The van der Waals surface area contributed by atoms with Gasteiger partial charge in [-0.2, -0.15) is 0 Å². The Balaban J connectivity index is 2.35. The molecule has 2 aromatic rings. The summed E-state index contributed by atoms with van der Waals surface area (Å²) in [5, 5.41) is 10.0. The summed E-state index contributed by atoms with van der Waals surface area (Å²) in [5.41, 5.74) is 0.989. The average molecular weight is 291 g/mol. The standard InChI is InChI=1S/C15H21NO3Si/c1-15(2,3)20(4,5)19-11-7-6-10-8-13(14(17)18)16-12(10)9-11/h6-9,16H,1-5H3,(H,17,18). The van der Waals surface area contributed by atoms with Crippen LogP contribution in [0.3, 0.4) is 0 Å². The molecule has 1 heterocycles. The lowest BCUT2D eigenvalue weighted by atomic mass is 10.2. The molecule has 0 aliphatic heterocycles. The molecule has 0 amide bonds. The van der Waals surface area contributed by atoms with Crippen molar-refractivity contribution >= 4 is 25.2 Å². The molecule has 0 saturated carbocycles. The highest BCUT2D eigenvalue weighted by Gasteiger charge is 2.38. The number of hydrogen-bond donors (Lipinski definition) is 2. The van der Waals surface area contributed by atoms with Gasteiger partial charge in [0.2, 0.25) is 8.32 Å². The molecule has 1 aromatic heterocycles. The molecule has 0 unspecified atom stereocenters. The van der Waals surface area contributed by atoms with Gasteiger partial charge in [0.05, 0.1) is 0 Å². The second-order valence-corrected chi connectivity index (χ2v) is 11.3. The zero-order valence-electron chi connectivity index (χ0n) is 12.6. The highest BCUT2D eigenvalue weighted by Crippen LogP contribution is 2.37. The Bertz CT molecular complexity index is 653. The average Bonchev–Trinajstić information content (AvgIpc) is 2.69. The number of nitrogens with one attached hydrogen (secondary N) is 1. The number of carboxylic acid groups (broad SMARTS) is 1. The van der Waals surface area contributed by atoms with Gasteiger partial charge >= 0.3 is 5.97 Å². The first-order valence-electron chi connectivity index (χ1n) is 6.65. The van der Waals surface area contributed by atoms with Crippen LogP contribution in [-0.2, 0) is 0 Å². The summed E-state index contributed by atoms with van der Waals surface area (Å²) in [6, 6.07) is 7.30. The molecule has 0 radical (unpaired) electrons. The largest absolute Gasteiger partial charge is 0.543 e. The third-order valence-corrected chi connectivity index (χ3v) is 8.36. The lowest BCUT2D eigenvalue weighted by Crippen LogP contribution is -2.43. The molecule has 108 valence electrons. The molecule has 0 atom stereocenters. The molecule has 4 nitrogen and oxygen atoms in total. The van der Waals surface area contributed by atoms with E-state index in [2.05, 4.69) is 38.8 Å². The van der Waals surface area contributed by atoms with E-state index in [9.17, 15) is 4.79 Å². The Labute approximate surface area is 119 Å². The van der Waals surface area contributed by atoms with Crippen LogP contribution in [0.4, 0.5) is 0 Å². The number of hydrogen-bond acceptors (Lipinski definition) is 2. The highest BCUT2D eigenvalue weighted by atomic mass is 28.4. The van der Waals surface area contributed by atoms with Gasteiger partial charge in [0.15, 0.2) is 0 Å².